The van der Waals surface area contributed by atoms with Gasteiger partial charge in [-0.25, -0.2) is 0 Å². The Bertz CT molecular complexity index is 211. The molecule has 1 aromatic rings. The van der Waals surface area contributed by atoms with Crippen molar-refractivity contribution in [3.8, 4) is 0 Å². The summed E-state index contributed by atoms with van der Waals surface area (Å²) in [6, 6.07) is 10.3. The van der Waals surface area contributed by atoms with Gasteiger partial charge in [0.1, 0.15) is 0 Å². The Hall–Kier alpha value is -0.111. The zero-order valence-electron chi connectivity index (χ0n) is 6.41. The van der Waals surface area contributed by atoms with Gasteiger partial charge in [0, 0.05) is 0 Å². The maximum absolute atomic E-state index is 8.52. The Morgan fingerprint density at radius 1 is 1.17 bits per heavy atom. The number of hydrogen-bond donors (Lipinski definition) is 0. The number of hydrogen-bond acceptors (Lipinski definition) is 3. The van der Waals surface area contributed by atoms with E-state index >= 15 is 0 Å². The van der Waals surface area contributed by atoms with Crippen LogP contribution in [-0.2, 0) is 21.6 Å². The summed E-state index contributed by atoms with van der Waals surface area (Å²) in [4.78, 5) is 17.0. The van der Waals surface area contributed by atoms with Gasteiger partial charge in [-0.2, -0.15) is 0 Å². The molecule has 0 amide bonds. The van der Waals surface area contributed by atoms with Crippen molar-refractivity contribution in [3.63, 3.8) is 0 Å². The maximum atomic E-state index is 8.52. The second-order valence-corrected chi connectivity index (χ2v) is 2.40. The molecule has 1 rings (SSSR count). The standard InChI is InChI=1S/C7H8.Cu.H3O3P/c1-7-5-3-2-4-6-7;;1-4(2)3/h2-6H,1H3;;4H,(H2,1,2,3)/q;+2;/p-2. The summed E-state index contributed by atoms with van der Waals surface area (Å²) in [5.41, 5.74) is 1.32. The van der Waals surface area contributed by atoms with Gasteiger partial charge in [-0.3, -0.25) is 0 Å². The molecule has 1 radical (unpaired) electrons. The van der Waals surface area contributed by atoms with E-state index in [1.54, 1.807) is 0 Å². The smallest absolute Gasteiger partial charge is 0.813 e. The van der Waals surface area contributed by atoms with Gasteiger partial charge in [-0.1, -0.05) is 44.2 Å². The minimum absolute atomic E-state index is 0. The van der Waals surface area contributed by atoms with Crippen molar-refractivity contribution in [2.24, 2.45) is 0 Å². The van der Waals surface area contributed by atoms with Crippen molar-refractivity contribution in [1.29, 1.82) is 0 Å². The van der Waals surface area contributed by atoms with E-state index in [-0.39, 0.29) is 17.1 Å². The summed E-state index contributed by atoms with van der Waals surface area (Å²) >= 11 is 0. The fourth-order valence-corrected chi connectivity index (χ4v) is 0.534. The molecule has 0 N–H and O–H groups in total. The van der Waals surface area contributed by atoms with Gasteiger partial charge in [-0.05, 0) is 6.92 Å². The topological polar surface area (TPSA) is 63.2 Å². The van der Waals surface area contributed by atoms with E-state index in [4.69, 9.17) is 14.4 Å². The van der Waals surface area contributed by atoms with Crippen LogP contribution in [-0.4, -0.2) is 0 Å². The first-order chi connectivity index (χ1) is 5.13. The van der Waals surface area contributed by atoms with Crippen molar-refractivity contribution < 1.29 is 31.4 Å². The summed E-state index contributed by atoms with van der Waals surface area (Å²) in [5.74, 6) is 0. The van der Waals surface area contributed by atoms with Crippen LogP contribution >= 0.6 is 8.25 Å². The molecule has 1 aromatic carbocycles. The minimum atomic E-state index is -3.63. The first kappa shape index (κ1) is 14.4. The molecular weight excluding hydrogens is 227 g/mol. The average Bonchev–Trinajstić information content (AvgIpc) is 1.87. The van der Waals surface area contributed by atoms with E-state index in [2.05, 4.69) is 19.1 Å². The maximum Gasteiger partial charge on any atom is 2.00 e. The molecule has 5 heteroatoms. The van der Waals surface area contributed by atoms with E-state index in [9.17, 15) is 0 Å². The fourth-order valence-electron chi connectivity index (χ4n) is 0.534. The second kappa shape index (κ2) is 8.98. The Morgan fingerprint density at radius 2 is 1.50 bits per heavy atom. The van der Waals surface area contributed by atoms with Crippen LogP contribution in [0.25, 0.3) is 0 Å². The van der Waals surface area contributed by atoms with E-state index in [0.717, 1.165) is 0 Å². The molecule has 0 unspecified atom stereocenters. The fraction of sp³-hybridized carbons (Fsp3) is 0.143. The van der Waals surface area contributed by atoms with Crippen LogP contribution in [0.1, 0.15) is 5.56 Å². The van der Waals surface area contributed by atoms with E-state index in [0.29, 0.717) is 0 Å². The van der Waals surface area contributed by atoms with E-state index in [1.165, 1.54) is 5.56 Å². The van der Waals surface area contributed by atoms with Crippen LogP contribution in [0.5, 0.6) is 0 Å². The molecule has 0 aliphatic heterocycles. The van der Waals surface area contributed by atoms with Crippen molar-refractivity contribution in [2.45, 2.75) is 6.92 Å². The molecule has 0 aliphatic rings. The van der Waals surface area contributed by atoms with Crippen molar-refractivity contribution in [3.05, 3.63) is 35.9 Å². The summed E-state index contributed by atoms with van der Waals surface area (Å²) in [5, 5.41) is 0. The predicted octanol–water partition coefficient (Wildman–Crippen LogP) is 0.0892. The Balaban J connectivity index is 0. The SMILES string of the molecule is Cc1ccccc1.O=[PH]([O-])[O-].[Cu+2]. The number of benzene rings is 1. The largest absolute Gasteiger partial charge is 2.00 e. The average molecular weight is 236 g/mol. The monoisotopic (exact) mass is 235 g/mol. The summed E-state index contributed by atoms with van der Waals surface area (Å²) in [6.45, 7) is 2.08. The van der Waals surface area contributed by atoms with E-state index < -0.39 is 8.25 Å². The third-order valence-electron chi connectivity index (χ3n) is 0.940. The normalized spacial score (nSPS) is 8.00. The molecule has 0 atom stereocenters. The molecule has 0 saturated heterocycles. The quantitative estimate of drug-likeness (QED) is 0.473. The molecule has 0 bridgehead atoms. The predicted molar refractivity (Wildman–Crippen MR) is 40.2 cm³/mol. The molecule has 0 heterocycles. The third kappa shape index (κ3) is 12.6. The molecular formula is C7H9CuO3P. The first-order valence-electron chi connectivity index (χ1n) is 3.02. The summed E-state index contributed by atoms with van der Waals surface area (Å²) < 4.78 is 8.52. The van der Waals surface area contributed by atoms with Crippen LogP contribution in [0.4, 0.5) is 0 Å². The van der Waals surface area contributed by atoms with Crippen LogP contribution < -0.4 is 9.79 Å². The second-order valence-electron chi connectivity index (χ2n) is 1.90. The number of rotatable bonds is 0. The van der Waals surface area contributed by atoms with Crippen LogP contribution in [0.3, 0.4) is 0 Å². The summed E-state index contributed by atoms with van der Waals surface area (Å²) in [7, 11) is -3.63. The molecule has 3 nitrogen and oxygen atoms in total. The van der Waals surface area contributed by atoms with Crippen LogP contribution in [0.2, 0.25) is 0 Å². The third-order valence-corrected chi connectivity index (χ3v) is 0.940. The van der Waals surface area contributed by atoms with Gasteiger partial charge < -0.3 is 14.4 Å². The van der Waals surface area contributed by atoms with Crippen LogP contribution in [0.15, 0.2) is 30.3 Å². The Kier molecular flexibility index (Phi) is 10.8. The number of aryl methyl sites for hydroxylation is 1. The molecule has 0 saturated carbocycles. The van der Waals surface area contributed by atoms with Crippen molar-refractivity contribution >= 4 is 8.25 Å². The van der Waals surface area contributed by atoms with Crippen molar-refractivity contribution in [2.75, 3.05) is 0 Å². The van der Waals surface area contributed by atoms with Crippen LogP contribution in [0, 0.1) is 6.92 Å². The zero-order valence-corrected chi connectivity index (χ0v) is 8.35. The summed E-state index contributed by atoms with van der Waals surface area (Å²) in [6.07, 6.45) is 0. The van der Waals surface area contributed by atoms with Gasteiger partial charge >= 0.3 is 17.1 Å². The zero-order chi connectivity index (χ0) is 8.69. The van der Waals surface area contributed by atoms with Gasteiger partial charge in [-0.15, -0.1) is 0 Å². The molecule has 0 aliphatic carbocycles. The molecule has 12 heavy (non-hydrogen) atoms. The Morgan fingerprint density at radius 3 is 1.67 bits per heavy atom. The van der Waals surface area contributed by atoms with Gasteiger partial charge in [0.05, 0.1) is 0 Å². The molecule has 0 fully saturated rings. The van der Waals surface area contributed by atoms with Gasteiger partial charge in [0.25, 0.3) is 0 Å². The van der Waals surface area contributed by atoms with E-state index in [1.807, 2.05) is 18.2 Å². The van der Waals surface area contributed by atoms with Gasteiger partial charge in [0.15, 0.2) is 0 Å². The molecule has 71 valence electrons. The molecule has 0 aromatic heterocycles. The van der Waals surface area contributed by atoms with Crippen molar-refractivity contribution in [1.82, 2.24) is 0 Å². The first-order valence-corrected chi connectivity index (χ1v) is 4.25. The Labute approximate surface area is 82.9 Å². The van der Waals surface area contributed by atoms with Gasteiger partial charge in [0.2, 0.25) is 0 Å². The molecule has 0 spiro atoms. The minimum Gasteiger partial charge on any atom is -0.813 e.